The van der Waals surface area contributed by atoms with Crippen molar-refractivity contribution < 1.29 is 13.9 Å². The van der Waals surface area contributed by atoms with Gasteiger partial charge >= 0.3 is 6.01 Å². The Labute approximate surface area is 176 Å². The van der Waals surface area contributed by atoms with Gasteiger partial charge in [0.25, 0.3) is 5.91 Å². The molecule has 5 heteroatoms. The first-order valence-electron chi connectivity index (χ1n) is 11.2. The quantitative estimate of drug-likeness (QED) is 0.629. The molecule has 30 heavy (non-hydrogen) atoms. The second kappa shape index (κ2) is 6.59. The van der Waals surface area contributed by atoms with Gasteiger partial charge in [0.05, 0.1) is 0 Å². The van der Waals surface area contributed by atoms with Gasteiger partial charge in [-0.1, -0.05) is 24.3 Å². The Kier molecular flexibility index (Phi) is 3.95. The maximum atomic E-state index is 13.5. The molecule has 154 valence electrons. The van der Waals surface area contributed by atoms with Crippen molar-refractivity contribution in [3.8, 4) is 11.8 Å². The molecule has 0 aliphatic heterocycles. The zero-order chi connectivity index (χ0) is 20.3. The number of H-pyrrole nitrogens is 1. The average molecular weight is 403 g/mol. The molecule has 1 aromatic carbocycles. The molecule has 5 nitrogen and oxygen atoms in total. The molecule has 3 aromatic rings. The number of fused-ring (bicyclic) bond motifs is 1. The monoisotopic (exact) mass is 402 g/mol. The third kappa shape index (κ3) is 2.91. The Morgan fingerprint density at radius 3 is 2.40 bits per heavy atom. The van der Waals surface area contributed by atoms with Crippen LogP contribution in [0.4, 0.5) is 0 Å². The number of pyridine rings is 1. The molecule has 2 heterocycles. The molecule has 4 aliphatic rings. The van der Waals surface area contributed by atoms with Crippen molar-refractivity contribution in [1.29, 1.82) is 0 Å². The molecule has 0 unspecified atom stereocenters. The van der Waals surface area contributed by atoms with E-state index in [1.165, 1.54) is 19.3 Å². The van der Waals surface area contributed by atoms with E-state index in [4.69, 9.17) is 4.74 Å². The fourth-order valence-electron chi connectivity index (χ4n) is 6.65. The number of aryl methyl sites for hydroxylation is 1. The normalized spacial score (nSPS) is 29.3. The molecule has 2 N–H and O–H groups in total. The number of carbonyl (C=O) groups excluding carboxylic acids is 1. The van der Waals surface area contributed by atoms with Crippen molar-refractivity contribution in [3.05, 3.63) is 59.9 Å². The summed E-state index contributed by atoms with van der Waals surface area (Å²) < 4.78 is 8.09. The molecule has 2 aromatic heterocycles. The molecule has 4 aliphatic carbocycles. The molecule has 0 atom stereocenters. The Morgan fingerprint density at radius 2 is 1.70 bits per heavy atom. The van der Waals surface area contributed by atoms with Crippen LogP contribution < -0.4 is 14.5 Å². The Hall–Kier alpha value is -2.82. The van der Waals surface area contributed by atoms with Crippen molar-refractivity contribution in [2.24, 2.45) is 17.8 Å². The number of hydrogen-bond acceptors (Lipinski definition) is 2. The fraction of sp³-hybridized carbons (Fsp3) is 0.440. The van der Waals surface area contributed by atoms with Crippen LogP contribution in [0.2, 0.25) is 0 Å². The van der Waals surface area contributed by atoms with E-state index in [0.717, 1.165) is 53.8 Å². The SMILES string of the molecule is Cc1ccccc1Oc1[nH]c(C(=O)NC23CC4CC(CC(C4)C2)C3)c2cccc[n+]12. The summed E-state index contributed by atoms with van der Waals surface area (Å²) in [5.74, 6) is 3.16. The van der Waals surface area contributed by atoms with E-state index in [9.17, 15) is 4.79 Å². The number of rotatable bonds is 4. The van der Waals surface area contributed by atoms with E-state index in [0.29, 0.717) is 11.7 Å². The maximum absolute atomic E-state index is 13.5. The first-order valence-corrected chi connectivity index (χ1v) is 11.2. The maximum Gasteiger partial charge on any atom is 0.465 e. The lowest BCUT2D eigenvalue weighted by Gasteiger charge is -2.56. The van der Waals surface area contributed by atoms with Gasteiger partial charge in [0.2, 0.25) is 5.69 Å². The average Bonchev–Trinajstić information content (AvgIpc) is 3.07. The zero-order valence-electron chi connectivity index (χ0n) is 17.4. The summed E-state index contributed by atoms with van der Waals surface area (Å²) in [7, 11) is 0. The Morgan fingerprint density at radius 1 is 1.03 bits per heavy atom. The van der Waals surface area contributed by atoms with Crippen LogP contribution in [0, 0.1) is 24.7 Å². The molecule has 7 rings (SSSR count). The smallest absolute Gasteiger partial charge is 0.391 e. The molecule has 4 saturated carbocycles. The first-order chi connectivity index (χ1) is 14.6. The minimum absolute atomic E-state index is 0.0136. The highest BCUT2D eigenvalue weighted by atomic mass is 16.5. The molecule has 1 amide bonds. The van der Waals surface area contributed by atoms with Crippen molar-refractivity contribution in [1.82, 2.24) is 10.3 Å². The van der Waals surface area contributed by atoms with E-state index in [1.54, 1.807) is 0 Å². The van der Waals surface area contributed by atoms with Gasteiger partial charge in [-0.3, -0.25) is 4.79 Å². The van der Waals surface area contributed by atoms with Crippen LogP contribution in [-0.2, 0) is 0 Å². The third-order valence-electron chi connectivity index (χ3n) is 7.51. The van der Waals surface area contributed by atoms with Gasteiger partial charge in [-0.25, -0.2) is 0 Å². The van der Waals surface area contributed by atoms with Crippen molar-refractivity contribution >= 4 is 11.4 Å². The van der Waals surface area contributed by atoms with Crippen LogP contribution in [0.25, 0.3) is 5.52 Å². The van der Waals surface area contributed by atoms with Gasteiger partial charge in [-0.15, -0.1) is 0 Å². The number of hydrogen-bond donors (Lipinski definition) is 2. The number of aromatic amines is 1. The van der Waals surface area contributed by atoms with Crippen molar-refractivity contribution in [2.45, 2.75) is 51.0 Å². The van der Waals surface area contributed by atoms with Gasteiger partial charge in [-0.05, 0) is 87.0 Å². The number of aromatic nitrogens is 2. The molecule has 0 saturated heterocycles. The second-order valence-corrected chi connectivity index (χ2v) is 9.78. The summed E-state index contributed by atoms with van der Waals surface area (Å²) in [6.07, 6.45) is 9.46. The highest BCUT2D eigenvalue weighted by Gasteiger charge is 2.52. The number of nitrogens with zero attached hydrogens (tertiary/aromatic N) is 1. The fourth-order valence-corrected chi connectivity index (χ4v) is 6.65. The summed E-state index contributed by atoms with van der Waals surface area (Å²) in [6.45, 7) is 2.02. The second-order valence-electron chi connectivity index (χ2n) is 9.78. The molecule has 0 spiro atoms. The lowest BCUT2D eigenvalue weighted by atomic mass is 9.53. The van der Waals surface area contributed by atoms with Gasteiger partial charge in [-0.2, -0.15) is 9.38 Å². The van der Waals surface area contributed by atoms with Crippen molar-refractivity contribution in [2.75, 3.05) is 0 Å². The molecule has 4 bridgehead atoms. The van der Waals surface area contributed by atoms with Gasteiger partial charge in [0, 0.05) is 5.54 Å². The van der Waals surface area contributed by atoms with Crippen LogP contribution in [0.5, 0.6) is 11.8 Å². The van der Waals surface area contributed by atoms with Crippen LogP contribution in [-0.4, -0.2) is 16.4 Å². The van der Waals surface area contributed by atoms with Crippen LogP contribution in [0.3, 0.4) is 0 Å². The number of benzene rings is 1. The molecular formula is C25H28N3O2+. The standard InChI is InChI=1S/C25H27N3O2/c1-16-6-2-3-8-21(16)30-24-26-22(20-7-4-5-9-28(20)24)23(29)27-25-13-17-10-18(14-25)12-19(11-17)15-25/h2-9,17-19H,10-15H2,1H3,(H,27,29)/p+1. The lowest BCUT2D eigenvalue weighted by molar-refractivity contribution is -0.519. The van der Waals surface area contributed by atoms with Crippen molar-refractivity contribution in [3.63, 3.8) is 0 Å². The summed E-state index contributed by atoms with van der Waals surface area (Å²) in [5.41, 5.74) is 2.45. The number of para-hydroxylation sites is 1. The van der Waals surface area contributed by atoms with Crippen LogP contribution in [0.15, 0.2) is 48.7 Å². The van der Waals surface area contributed by atoms with Crippen LogP contribution >= 0.6 is 0 Å². The van der Waals surface area contributed by atoms with E-state index in [2.05, 4.69) is 10.3 Å². The Balaban J connectivity index is 1.33. The molecule has 4 fully saturated rings. The minimum Gasteiger partial charge on any atom is -0.391 e. The molecule has 0 radical (unpaired) electrons. The molecular weight excluding hydrogens is 374 g/mol. The number of nitrogens with one attached hydrogen (secondary N) is 2. The predicted molar refractivity (Wildman–Crippen MR) is 114 cm³/mol. The van der Waals surface area contributed by atoms with E-state index < -0.39 is 0 Å². The number of carbonyl (C=O) groups is 1. The summed E-state index contributed by atoms with van der Waals surface area (Å²) in [6, 6.07) is 14.3. The van der Waals surface area contributed by atoms with E-state index >= 15 is 0 Å². The van der Waals surface area contributed by atoms with E-state index in [1.807, 2.05) is 60.0 Å². The summed E-state index contributed by atoms with van der Waals surface area (Å²) in [4.78, 5) is 16.7. The number of amides is 1. The Bertz CT molecular complexity index is 1100. The van der Waals surface area contributed by atoms with Crippen LogP contribution in [0.1, 0.15) is 54.6 Å². The lowest BCUT2D eigenvalue weighted by Crippen LogP contribution is -2.59. The highest BCUT2D eigenvalue weighted by Crippen LogP contribution is 2.55. The number of ether oxygens (including phenoxy) is 1. The van der Waals surface area contributed by atoms with E-state index in [-0.39, 0.29) is 11.4 Å². The van der Waals surface area contributed by atoms with Gasteiger partial charge in [0.15, 0.2) is 5.52 Å². The zero-order valence-corrected chi connectivity index (χ0v) is 17.4. The summed E-state index contributed by atoms with van der Waals surface area (Å²) >= 11 is 0. The van der Waals surface area contributed by atoms with Gasteiger partial charge in [0.1, 0.15) is 11.9 Å². The summed E-state index contributed by atoms with van der Waals surface area (Å²) in [5, 5.41) is 3.48. The topological polar surface area (TPSA) is 58.2 Å². The largest absolute Gasteiger partial charge is 0.465 e. The first kappa shape index (κ1) is 18.0. The number of imidazole rings is 1. The minimum atomic E-state index is -0.0141. The predicted octanol–water partition coefficient (Wildman–Crippen LogP) is 4.55. The highest BCUT2D eigenvalue weighted by molar-refractivity contribution is 5.98. The van der Waals surface area contributed by atoms with Gasteiger partial charge < -0.3 is 10.1 Å². The third-order valence-corrected chi connectivity index (χ3v) is 7.51.